The number of carbonyl (C=O) groups is 2. The Labute approximate surface area is 134 Å². The molecule has 0 saturated heterocycles. The van der Waals surface area contributed by atoms with Crippen LogP contribution >= 0.6 is 11.6 Å². The smallest absolute Gasteiger partial charge is 0.245 e. The number of rotatable bonds is 3. The van der Waals surface area contributed by atoms with Gasteiger partial charge in [-0.2, -0.15) is 0 Å². The van der Waals surface area contributed by atoms with E-state index in [9.17, 15) is 9.59 Å². The van der Waals surface area contributed by atoms with Gasteiger partial charge in [0.05, 0.1) is 6.54 Å². The van der Waals surface area contributed by atoms with Crippen LogP contribution < -0.4 is 4.90 Å². The molecule has 0 saturated carbocycles. The minimum absolute atomic E-state index is 0.170. The molecule has 2 aromatic carbocycles. The molecule has 4 heteroatoms. The molecule has 0 aliphatic carbocycles. The Bertz CT molecular complexity index is 757. The Morgan fingerprint density at radius 2 is 1.86 bits per heavy atom. The van der Waals surface area contributed by atoms with E-state index in [0.29, 0.717) is 17.1 Å². The van der Waals surface area contributed by atoms with Gasteiger partial charge in [-0.25, -0.2) is 0 Å². The number of nitrogens with zero attached hydrogens (tertiary/aromatic N) is 1. The number of hydrogen-bond donors (Lipinski definition) is 0. The summed E-state index contributed by atoms with van der Waals surface area (Å²) >= 11 is 6.07. The van der Waals surface area contributed by atoms with Crippen LogP contribution in [0.25, 0.3) is 0 Å². The van der Waals surface area contributed by atoms with Crippen LogP contribution in [0.2, 0.25) is 5.02 Å². The Morgan fingerprint density at radius 1 is 1.18 bits per heavy atom. The first-order chi connectivity index (χ1) is 10.4. The maximum atomic E-state index is 12.9. The molecule has 1 unspecified atom stereocenters. The molecule has 0 N–H and O–H groups in total. The first-order valence-electron chi connectivity index (χ1n) is 7.11. The number of carbonyl (C=O) groups excluding carboxylic acids is 2. The fourth-order valence-corrected chi connectivity index (χ4v) is 3.07. The van der Waals surface area contributed by atoms with Gasteiger partial charge in [-0.15, -0.1) is 0 Å². The predicted octanol–water partition coefficient (Wildman–Crippen LogP) is 3.73. The van der Waals surface area contributed by atoms with Gasteiger partial charge in [0.25, 0.3) is 0 Å². The zero-order chi connectivity index (χ0) is 15.9. The van der Waals surface area contributed by atoms with E-state index in [1.165, 1.54) is 6.92 Å². The molecule has 1 aliphatic heterocycles. The molecular weight excluding hydrogens is 298 g/mol. The number of benzene rings is 2. The maximum Gasteiger partial charge on any atom is 0.245 e. The van der Waals surface area contributed by atoms with Crippen molar-refractivity contribution in [2.24, 2.45) is 0 Å². The molecule has 0 spiro atoms. The molecule has 3 nitrogen and oxygen atoms in total. The van der Waals surface area contributed by atoms with Crippen molar-refractivity contribution in [3.05, 3.63) is 64.7 Å². The second-order valence-electron chi connectivity index (χ2n) is 5.72. The van der Waals surface area contributed by atoms with Crippen molar-refractivity contribution in [2.45, 2.75) is 25.8 Å². The molecule has 3 rings (SSSR count). The standard InChI is InChI=1S/C18H16ClNO2/c1-12(21)18(2)15-10-14(19)8-9-16(15)20(17(18)22)11-13-6-4-3-5-7-13/h3-10H,11H2,1-2H3. The average Bonchev–Trinajstić information content (AvgIpc) is 2.71. The minimum Gasteiger partial charge on any atom is -0.307 e. The van der Waals surface area contributed by atoms with E-state index < -0.39 is 5.41 Å². The molecule has 0 bridgehead atoms. The Balaban J connectivity index is 2.10. The summed E-state index contributed by atoms with van der Waals surface area (Å²) < 4.78 is 0. The van der Waals surface area contributed by atoms with Gasteiger partial charge in [-0.05, 0) is 37.6 Å². The lowest BCUT2D eigenvalue weighted by molar-refractivity contribution is -0.132. The van der Waals surface area contributed by atoms with Crippen LogP contribution in [0.3, 0.4) is 0 Å². The van der Waals surface area contributed by atoms with Gasteiger partial charge < -0.3 is 4.90 Å². The Morgan fingerprint density at radius 3 is 2.50 bits per heavy atom. The molecule has 0 fully saturated rings. The molecule has 0 radical (unpaired) electrons. The predicted molar refractivity (Wildman–Crippen MR) is 87.1 cm³/mol. The number of Topliss-reactive ketones (excluding diaryl/α,β-unsaturated/α-hetero) is 1. The molecule has 0 aromatic heterocycles. The molecule has 2 aromatic rings. The van der Waals surface area contributed by atoms with Gasteiger partial charge >= 0.3 is 0 Å². The van der Waals surface area contributed by atoms with E-state index in [4.69, 9.17) is 11.6 Å². The van der Waals surface area contributed by atoms with Crippen molar-refractivity contribution in [1.29, 1.82) is 0 Å². The van der Waals surface area contributed by atoms with Gasteiger partial charge in [0.1, 0.15) is 11.2 Å². The normalized spacial score (nSPS) is 20.1. The highest BCUT2D eigenvalue weighted by molar-refractivity contribution is 6.31. The quantitative estimate of drug-likeness (QED) is 0.810. The van der Waals surface area contributed by atoms with Crippen LogP contribution in [0, 0.1) is 0 Å². The summed E-state index contributed by atoms with van der Waals surface area (Å²) in [6.45, 7) is 3.57. The molecule has 1 amide bonds. The third kappa shape index (κ3) is 2.13. The number of fused-ring (bicyclic) bond motifs is 1. The van der Waals surface area contributed by atoms with Crippen molar-refractivity contribution in [3.63, 3.8) is 0 Å². The highest BCUT2D eigenvalue weighted by Gasteiger charge is 2.50. The number of halogens is 1. The molecule has 1 atom stereocenters. The zero-order valence-electron chi connectivity index (χ0n) is 12.5. The van der Waals surface area contributed by atoms with E-state index >= 15 is 0 Å². The largest absolute Gasteiger partial charge is 0.307 e. The minimum atomic E-state index is -1.16. The van der Waals surface area contributed by atoms with E-state index in [1.54, 1.807) is 24.0 Å². The molecular formula is C18H16ClNO2. The molecule has 22 heavy (non-hydrogen) atoms. The van der Waals surface area contributed by atoms with Gasteiger partial charge in [0, 0.05) is 16.3 Å². The summed E-state index contributed by atoms with van der Waals surface area (Å²) in [6.07, 6.45) is 0. The van der Waals surface area contributed by atoms with E-state index in [1.807, 2.05) is 36.4 Å². The fraction of sp³-hybridized carbons (Fsp3) is 0.222. The van der Waals surface area contributed by atoms with Crippen molar-refractivity contribution in [1.82, 2.24) is 0 Å². The summed E-state index contributed by atoms with van der Waals surface area (Å²) in [5, 5.41) is 0.528. The van der Waals surface area contributed by atoms with Gasteiger partial charge in [0.15, 0.2) is 0 Å². The van der Waals surface area contributed by atoms with Crippen LogP contribution in [0.15, 0.2) is 48.5 Å². The summed E-state index contributed by atoms with van der Waals surface area (Å²) in [5.41, 5.74) is 1.31. The summed E-state index contributed by atoms with van der Waals surface area (Å²) in [4.78, 5) is 26.7. The van der Waals surface area contributed by atoms with Crippen LogP contribution in [-0.2, 0) is 21.5 Å². The van der Waals surface area contributed by atoms with Crippen molar-refractivity contribution >= 4 is 29.0 Å². The van der Waals surface area contributed by atoms with Crippen molar-refractivity contribution < 1.29 is 9.59 Å². The summed E-state index contributed by atoms with van der Waals surface area (Å²) in [6, 6.07) is 15.0. The zero-order valence-corrected chi connectivity index (χ0v) is 13.2. The molecule has 112 valence electrons. The fourth-order valence-electron chi connectivity index (χ4n) is 2.90. The van der Waals surface area contributed by atoms with E-state index in [0.717, 1.165) is 11.3 Å². The van der Waals surface area contributed by atoms with E-state index in [-0.39, 0.29) is 11.7 Å². The van der Waals surface area contributed by atoms with Gasteiger partial charge in [0.2, 0.25) is 5.91 Å². The van der Waals surface area contributed by atoms with Crippen LogP contribution in [0.1, 0.15) is 25.0 Å². The monoisotopic (exact) mass is 313 g/mol. The Kier molecular flexibility index (Phi) is 3.53. The van der Waals surface area contributed by atoms with Crippen LogP contribution in [0.5, 0.6) is 0 Å². The number of anilines is 1. The van der Waals surface area contributed by atoms with E-state index in [2.05, 4.69) is 0 Å². The lowest BCUT2D eigenvalue weighted by atomic mass is 9.80. The Hall–Kier alpha value is -2.13. The summed E-state index contributed by atoms with van der Waals surface area (Å²) in [7, 11) is 0. The second-order valence-corrected chi connectivity index (χ2v) is 6.16. The van der Waals surface area contributed by atoms with Gasteiger partial charge in [-0.1, -0.05) is 41.9 Å². The lowest BCUT2D eigenvalue weighted by Gasteiger charge is -2.22. The molecule has 1 heterocycles. The first kappa shape index (κ1) is 14.8. The lowest BCUT2D eigenvalue weighted by Crippen LogP contribution is -2.42. The number of hydrogen-bond acceptors (Lipinski definition) is 2. The third-order valence-electron chi connectivity index (χ3n) is 4.35. The highest BCUT2D eigenvalue weighted by Crippen LogP contribution is 2.44. The maximum absolute atomic E-state index is 12.9. The van der Waals surface area contributed by atoms with Gasteiger partial charge in [-0.3, -0.25) is 9.59 Å². The van der Waals surface area contributed by atoms with Crippen molar-refractivity contribution in [3.8, 4) is 0 Å². The average molecular weight is 314 g/mol. The second kappa shape index (κ2) is 5.25. The number of amides is 1. The highest BCUT2D eigenvalue weighted by atomic mass is 35.5. The molecule has 1 aliphatic rings. The van der Waals surface area contributed by atoms with Crippen molar-refractivity contribution in [2.75, 3.05) is 4.90 Å². The SMILES string of the molecule is CC(=O)C1(C)C(=O)N(Cc2ccccc2)c2ccc(Cl)cc21. The first-order valence-corrected chi connectivity index (χ1v) is 7.49. The number of ketones is 1. The topological polar surface area (TPSA) is 37.4 Å². The third-order valence-corrected chi connectivity index (χ3v) is 4.58. The van der Waals surface area contributed by atoms with Crippen LogP contribution in [-0.4, -0.2) is 11.7 Å². The summed E-state index contributed by atoms with van der Waals surface area (Å²) in [5.74, 6) is -0.363. The van der Waals surface area contributed by atoms with Crippen LogP contribution in [0.4, 0.5) is 5.69 Å².